The first-order valence-corrected chi connectivity index (χ1v) is 13.9. The summed E-state index contributed by atoms with van der Waals surface area (Å²) in [6.45, 7) is 11.3. The summed E-state index contributed by atoms with van der Waals surface area (Å²) in [7, 11) is 0. The fourth-order valence-electron chi connectivity index (χ4n) is 9.57. The van der Waals surface area contributed by atoms with Gasteiger partial charge in [0.15, 0.2) is 5.79 Å². The van der Waals surface area contributed by atoms with Crippen LogP contribution in [0.1, 0.15) is 81.8 Å². The summed E-state index contributed by atoms with van der Waals surface area (Å²) in [5.41, 5.74) is 5.98. The van der Waals surface area contributed by atoms with E-state index in [1.807, 2.05) is 0 Å². The van der Waals surface area contributed by atoms with Crippen LogP contribution in [0.4, 0.5) is 0 Å². The van der Waals surface area contributed by atoms with Crippen molar-refractivity contribution in [1.29, 1.82) is 0 Å². The van der Waals surface area contributed by atoms with E-state index in [1.165, 1.54) is 28.7 Å². The van der Waals surface area contributed by atoms with Crippen LogP contribution >= 0.6 is 0 Å². The number of hydrogen-bond acceptors (Lipinski definition) is 4. The quantitative estimate of drug-likeness (QED) is 0.507. The van der Waals surface area contributed by atoms with E-state index in [2.05, 4.69) is 44.7 Å². The van der Waals surface area contributed by atoms with Crippen molar-refractivity contribution in [3.05, 3.63) is 58.7 Å². The lowest BCUT2D eigenvalue weighted by Crippen LogP contribution is -2.55. The molecule has 4 nitrogen and oxygen atoms in total. The molecule has 7 rings (SSSR count). The third-order valence-electron chi connectivity index (χ3n) is 11.2. The van der Waals surface area contributed by atoms with Gasteiger partial charge in [-0.15, -0.1) is 0 Å². The van der Waals surface area contributed by atoms with Crippen molar-refractivity contribution >= 4 is 0 Å². The van der Waals surface area contributed by atoms with E-state index in [0.717, 1.165) is 51.6 Å². The number of rotatable bonds is 1. The van der Waals surface area contributed by atoms with Gasteiger partial charge < -0.3 is 19.3 Å². The first-order valence-electron chi connectivity index (χ1n) is 13.9. The SMILES string of the molecule is C=C1CCOC12CCC1C3CCC4(O)CC5(CCC4=C3C(c3ccc(C)cc3)CC12C)OCCO5. The molecule has 2 saturated heterocycles. The summed E-state index contributed by atoms with van der Waals surface area (Å²) in [6.07, 6.45) is 8.53. The summed E-state index contributed by atoms with van der Waals surface area (Å²) >= 11 is 0. The third kappa shape index (κ3) is 3.00. The lowest BCUT2D eigenvalue weighted by Gasteiger charge is -2.58. The predicted molar refractivity (Wildman–Crippen MR) is 135 cm³/mol. The number of allylic oxidation sites excluding steroid dienone is 1. The summed E-state index contributed by atoms with van der Waals surface area (Å²) in [5.74, 6) is 0.823. The van der Waals surface area contributed by atoms with Crippen LogP contribution in [-0.2, 0) is 14.2 Å². The topological polar surface area (TPSA) is 47.9 Å². The molecule has 1 aromatic rings. The molecule has 188 valence electrons. The van der Waals surface area contributed by atoms with Crippen molar-refractivity contribution < 1.29 is 19.3 Å². The molecule has 1 aromatic carbocycles. The zero-order chi connectivity index (χ0) is 24.1. The third-order valence-corrected chi connectivity index (χ3v) is 11.2. The molecule has 0 bridgehead atoms. The molecule has 6 unspecified atom stereocenters. The van der Waals surface area contributed by atoms with Crippen LogP contribution < -0.4 is 0 Å². The minimum absolute atomic E-state index is 0.0773. The fraction of sp³-hybridized carbons (Fsp3) is 0.677. The molecule has 1 N–H and O–H groups in total. The zero-order valence-corrected chi connectivity index (χ0v) is 21.4. The van der Waals surface area contributed by atoms with Crippen molar-refractivity contribution in [3.63, 3.8) is 0 Å². The van der Waals surface area contributed by atoms with E-state index in [4.69, 9.17) is 14.2 Å². The maximum absolute atomic E-state index is 12.2. The highest BCUT2D eigenvalue weighted by molar-refractivity contribution is 5.45. The van der Waals surface area contributed by atoms with Gasteiger partial charge in [0.25, 0.3) is 0 Å². The fourth-order valence-corrected chi connectivity index (χ4v) is 9.57. The number of hydrogen-bond donors (Lipinski definition) is 1. The van der Waals surface area contributed by atoms with Crippen LogP contribution in [-0.4, -0.2) is 41.9 Å². The monoisotopic (exact) mass is 476 g/mol. The van der Waals surface area contributed by atoms with Crippen LogP contribution in [0, 0.1) is 24.2 Å². The van der Waals surface area contributed by atoms with E-state index in [-0.39, 0.29) is 11.0 Å². The number of aliphatic hydroxyl groups is 1. The summed E-state index contributed by atoms with van der Waals surface area (Å²) < 4.78 is 18.8. The smallest absolute Gasteiger partial charge is 0.171 e. The van der Waals surface area contributed by atoms with Crippen LogP contribution in [0.15, 0.2) is 47.6 Å². The lowest BCUT2D eigenvalue weighted by molar-refractivity contribution is -0.208. The molecule has 4 aliphatic carbocycles. The number of fused-ring (bicyclic) bond motifs is 5. The molecule has 2 aliphatic heterocycles. The van der Waals surface area contributed by atoms with Gasteiger partial charge in [0, 0.05) is 24.2 Å². The molecule has 0 radical (unpaired) electrons. The van der Waals surface area contributed by atoms with Gasteiger partial charge in [0.1, 0.15) is 0 Å². The van der Waals surface area contributed by atoms with Gasteiger partial charge in [-0.05, 0) is 80.4 Å². The largest absolute Gasteiger partial charge is 0.385 e. The Morgan fingerprint density at radius 1 is 0.943 bits per heavy atom. The number of ether oxygens (including phenoxy) is 3. The average molecular weight is 477 g/mol. The Balaban J connectivity index is 1.37. The van der Waals surface area contributed by atoms with Gasteiger partial charge in [-0.1, -0.05) is 48.9 Å². The standard InChI is InChI=1S/C31H40O4/c1-20-4-6-22(7-5-20)24-18-28(3)25(10-14-31(28)21(2)11-15-35-31)23-8-12-29(32)19-30(33-16-17-34-30)13-9-26(29)27(23)24/h4-7,23-25,32H,2,8-19H2,1,3H3. The molecular weight excluding hydrogens is 436 g/mol. The molecular formula is C31H40O4. The molecule has 35 heavy (non-hydrogen) atoms. The van der Waals surface area contributed by atoms with Crippen LogP contribution in [0.2, 0.25) is 0 Å². The zero-order valence-electron chi connectivity index (χ0n) is 21.4. The van der Waals surface area contributed by atoms with Gasteiger partial charge in [0.05, 0.1) is 31.0 Å². The lowest BCUT2D eigenvalue weighted by atomic mass is 9.49. The van der Waals surface area contributed by atoms with Crippen molar-refractivity contribution in [3.8, 4) is 0 Å². The Kier molecular flexibility index (Phi) is 4.89. The van der Waals surface area contributed by atoms with E-state index >= 15 is 0 Å². The number of benzene rings is 1. The second-order valence-corrected chi connectivity index (χ2v) is 12.7. The Morgan fingerprint density at radius 2 is 1.71 bits per heavy atom. The highest BCUT2D eigenvalue weighted by Crippen LogP contribution is 2.70. The number of aryl methyl sites for hydroxylation is 1. The van der Waals surface area contributed by atoms with E-state index in [1.54, 1.807) is 5.57 Å². The molecule has 2 spiro atoms. The molecule has 6 aliphatic rings. The van der Waals surface area contributed by atoms with Crippen molar-refractivity contribution in [2.45, 2.75) is 94.5 Å². The minimum Gasteiger partial charge on any atom is -0.385 e. The molecule has 3 saturated carbocycles. The van der Waals surface area contributed by atoms with E-state index in [9.17, 15) is 5.11 Å². The van der Waals surface area contributed by atoms with Crippen molar-refractivity contribution in [1.82, 2.24) is 0 Å². The molecule has 6 atom stereocenters. The van der Waals surface area contributed by atoms with Gasteiger partial charge in [-0.25, -0.2) is 0 Å². The Hall–Kier alpha value is -1.46. The van der Waals surface area contributed by atoms with Crippen LogP contribution in [0.5, 0.6) is 0 Å². The molecule has 4 heteroatoms. The predicted octanol–water partition coefficient (Wildman–Crippen LogP) is 5.98. The summed E-state index contributed by atoms with van der Waals surface area (Å²) in [4.78, 5) is 0. The second kappa shape index (κ2) is 7.54. The minimum atomic E-state index is -0.811. The maximum Gasteiger partial charge on any atom is 0.171 e. The highest BCUT2D eigenvalue weighted by Gasteiger charge is 2.67. The van der Waals surface area contributed by atoms with Crippen molar-refractivity contribution in [2.24, 2.45) is 17.3 Å². The first-order chi connectivity index (χ1) is 16.8. The van der Waals surface area contributed by atoms with Gasteiger partial charge in [-0.3, -0.25) is 0 Å². The Labute approximate surface area is 209 Å². The van der Waals surface area contributed by atoms with Gasteiger partial charge >= 0.3 is 0 Å². The van der Waals surface area contributed by atoms with E-state index in [0.29, 0.717) is 37.4 Å². The first kappa shape index (κ1) is 22.7. The molecule has 2 heterocycles. The highest BCUT2D eigenvalue weighted by atomic mass is 16.7. The average Bonchev–Trinajstić information content (AvgIpc) is 3.52. The second-order valence-electron chi connectivity index (χ2n) is 12.7. The van der Waals surface area contributed by atoms with E-state index < -0.39 is 11.4 Å². The molecule has 0 aromatic heterocycles. The van der Waals surface area contributed by atoms with Crippen molar-refractivity contribution in [2.75, 3.05) is 19.8 Å². The molecule has 5 fully saturated rings. The van der Waals surface area contributed by atoms with Crippen LogP contribution in [0.25, 0.3) is 0 Å². The molecule has 0 amide bonds. The van der Waals surface area contributed by atoms with Crippen LogP contribution in [0.3, 0.4) is 0 Å². The van der Waals surface area contributed by atoms with Gasteiger partial charge in [0.2, 0.25) is 0 Å². The summed E-state index contributed by atoms with van der Waals surface area (Å²) in [5, 5.41) is 12.2. The summed E-state index contributed by atoms with van der Waals surface area (Å²) in [6, 6.07) is 9.18. The Morgan fingerprint density at radius 3 is 2.43 bits per heavy atom. The maximum atomic E-state index is 12.2. The normalized spacial score (nSPS) is 44.1. The van der Waals surface area contributed by atoms with Gasteiger partial charge in [-0.2, -0.15) is 0 Å². The Bertz CT molecular complexity index is 1080.